The minimum atomic E-state index is 0.0471. The molecule has 0 saturated carbocycles. The maximum absolute atomic E-state index is 6.22. The van der Waals surface area contributed by atoms with Crippen molar-refractivity contribution in [1.82, 2.24) is 4.98 Å². The third-order valence-electron chi connectivity index (χ3n) is 4.00. The summed E-state index contributed by atoms with van der Waals surface area (Å²) in [7, 11) is 2.16. The lowest BCUT2D eigenvalue weighted by Gasteiger charge is -2.27. The Labute approximate surface area is 130 Å². The number of anilines is 2. The van der Waals surface area contributed by atoms with Crippen molar-refractivity contribution in [3.8, 4) is 11.3 Å². The minimum absolute atomic E-state index is 0.0471. The number of benzene rings is 1. The van der Waals surface area contributed by atoms with Gasteiger partial charge in [-0.3, -0.25) is 0 Å². The molecule has 21 heavy (non-hydrogen) atoms. The number of aromatic nitrogens is 1. The fraction of sp³-hybridized carbons (Fsp3) is 0.471. The number of hydrogen-bond acceptors (Lipinski definition) is 4. The van der Waals surface area contributed by atoms with Crippen molar-refractivity contribution < 1.29 is 0 Å². The van der Waals surface area contributed by atoms with Crippen LogP contribution in [0.25, 0.3) is 11.3 Å². The fourth-order valence-corrected chi connectivity index (χ4v) is 3.70. The Hall–Kier alpha value is -1.55. The zero-order valence-electron chi connectivity index (χ0n) is 13.2. The Morgan fingerprint density at radius 3 is 2.71 bits per heavy atom. The number of aryl methyl sites for hydroxylation is 1. The molecule has 0 unspecified atom stereocenters. The summed E-state index contributed by atoms with van der Waals surface area (Å²) in [4.78, 5) is 7.13. The van der Waals surface area contributed by atoms with Crippen LogP contribution in [0, 0.1) is 0 Å². The Morgan fingerprint density at radius 2 is 2.05 bits per heavy atom. The van der Waals surface area contributed by atoms with Crippen LogP contribution < -0.4 is 10.6 Å². The third-order valence-corrected chi connectivity index (χ3v) is 5.31. The monoisotopic (exact) mass is 301 g/mol. The van der Waals surface area contributed by atoms with E-state index >= 15 is 0 Å². The Balaban J connectivity index is 2.04. The van der Waals surface area contributed by atoms with E-state index in [1.54, 1.807) is 11.3 Å². The molecule has 2 aromatic rings. The molecule has 0 saturated heterocycles. The van der Waals surface area contributed by atoms with Gasteiger partial charge in [-0.2, -0.15) is 0 Å². The van der Waals surface area contributed by atoms with Crippen LogP contribution in [0.1, 0.15) is 37.8 Å². The molecule has 0 atom stereocenters. The van der Waals surface area contributed by atoms with Gasteiger partial charge in [-0.15, -0.1) is 11.3 Å². The second-order valence-electron chi connectivity index (χ2n) is 6.85. The minimum Gasteiger partial charge on any atom is -0.389 e. The summed E-state index contributed by atoms with van der Waals surface area (Å²) < 4.78 is 0. The normalized spacial score (nSPS) is 15.1. The van der Waals surface area contributed by atoms with E-state index in [4.69, 9.17) is 10.7 Å². The van der Waals surface area contributed by atoms with E-state index in [-0.39, 0.29) is 5.41 Å². The van der Waals surface area contributed by atoms with Gasteiger partial charge in [-0.1, -0.05) is 26.8 Å². The Bertz CT molecular complexity index is 667. The molecule has 0 aliphatic carbocycles. The average molecular weight is 301 g/mol. The van der Waals surface area contributed by atoms with Crippen molar-refractivity contribution >= 4 is 22.0 Å². The first-order chi connectivity index (χ1) is 9.86. The molecule has 0 fully saturated rings. The zero-order chi connectivity index (χ0) is 15.2. The molecule has 2 heterocycles. The molecule has 3 nitrogen and oxygen atoms in total. The van der Waals surface area contributed by atoms with E-state index in [1.165, 1.54) is 17.7 Å². The summed E-state index contributed by atoms with van der Waals surface area (Å²) in [6.07, 6.45) is 2.36. The molecule has 4 heteroatoms. The van der Waals surface area contributed by atoms with Crippen molar-refractivity contribution in [2.75, 3.05) is 24.2 Å². The second-order valence-corrected chi connectivity index (χ2v) is 7.88. The van der Waals surface area contributed by atoms with E-state index < -0.39 is 0 Å². The lowest BCUT2D eigenvalue weighted by molar-refractivity contribution is 0.586. The van der Waals surface area contributed by atoms with Crippen LogP contribution in [0.3, 0.4) is 0 Å². The van der Waals surface area contributed by atoms with Crippen LogP contribution in [0.15, 0.2) is 18.2 Å². The van der Waals surface area contributed by atoms with Gasteiger partial charge in [0, 0.05) is 30.3 Å². The molecule has 1 aliphatic heterocycles. The van der Waals surface area contributed by atoms with E-state index in [0.717, 1.165) is 34.2 Å². The first-order valence-corrected chi connectivity index (χ1v) is 8.29. The maximum atomic E-state index is 6.22. The van der Waals surface area contributed by atoms with Crippen LogP contribution in [0.5, 0.6) is 0 Å². The number of rotatable bonds is 1. The SMILES string of the molecule is CN1CCCc2cc(-c3nc(C(C)(C)C)sc3N)ccc21. The molecule has 0 spiro atoms. The van der Waals surface area contributed by atoms with Crippen LogP contribution in [-0.4, -0.2) is 18.6 Å². The molecular weight excluding hydrogens is 278 g/mol. The van der Waals surface area contributed by atoms with Crippen molar-refractivity contribution in [3.05, 3.63) is 28.8 Å². The van der Waals surface area contributed by atoms with Crippen LogP contribution in [0.4, 0.5) is 10.7 Å². The van der Waals surface area contributed by atoms with Gasteiger partial charge in [-0.05, 0) is 30.5 Å². The Morgan fingerprint density at radius 1 is 1.29 bits per heavy atom. The number of fused-ring (bicyclic) bond motifs is 1. The predicted octanol–water partition coefficient (Wildman–Crippen LogP) is 4.07. The number of hydrogen-bond donors (Lipinski definition) is 1. The number of nitrogen functional groups attached to an aromatic ring is 1. The third kappa shape index (κ3) is 2.64. The van der Waals surface area contributed by atoms with Gasteiger partial charge in [0.1, 0.15) is 15.7 Å². The highest BCUT2D eigenvalue weighted by molar-refractivity contribution is 7.16. The molecule has 1 aromatic carbocycles. The molecular formula is C17H23N3S. The first kappa shape index (κ1) is 14.4. The van der Waals surface area contributed by atoms with Crippen molar-refractivity contribution in [2.45, 2.75) is 39.0 Å². The summed E-state index contributed by atoms with van der Waals surface area (Å²) >= 11 is 1.61. The van der Waals surface area contributed by atoms with Gasteiger partial charge < -0.3 is 10.6 Å². The lowest BCUT2D eigenvalue weighted by Crippen LogP contribution is -2.24. The van der Waals surface area contributed by atoms with Gasteiger partial charge in [0.05, 0.1) is 0 Å². The van der Waals surface area contributed by atoms with Gasteiger partial charge in [-0.25, -0.2) is 4.98 Å². The van der Waals surface area contributed by atoms with Crippen LogP contribution in [0.2, 0.25) is 0 Å². The number of nitrogens with two attached hydrogens (primary N) is 1. The quantitative estimate of drug-likeness (QED) is 0.863. The maximum Gasteiger partial charge on any atom is 0.114 e. The molecule has 3 rings (SSSR count). The van der Waals surface area contributed by atoms with E-state index in [2.05, 4.69) is 50.9 Å². The zero-order valence-corrected chi connectivity index (χ0v) is 14.0. The van der Waals surface area contributed by atoms with Crippen LogP contribution in [-0.2, 0) is 11.8 Å². The van der Waals surface area contributed by atoms with Crippen molar-refractivity contribution in [1.29, 1.82) is 0 Å². The summed E-state index contributed by atoms with van der Waals surface area (Å²) in [5, 5.41) is 1.92. The lowest BCUT2D eigenvalue weighted by atomic mass is 9.97. The van der Waals surface area contributed by atoms with Gasteiger partial charge in [0.2, 0.25) is 0 Å². The summed E-state index contributed by atoms with van der Waals surface area (Å²) in [6, 6.07) is 6.63. The van der Waals surface area contributed by atoms with E-state index in [1.807, 2.05) is 0 Å². The topological polar surface area (TPSA) is 42.2 Å². The highest BCUT2D eigenvalue weighted by Gasteiger charge is 2.22. The van der Waals surface area contributed by atoms with Gasteiger partial charge in [0.15, 0.2) is 0 Å². The molecule has 1 aromatic heterocycles. The highest BCUT2D eigenvalue weighted by atomic mass is 32.1. The molecule has 2 N–H and O–H groups in total. The van der Waals surface area contributed by atoms with E-state index in [0.29, 0.717) is 0 Å². The first-order valence-electron chi connectivity index (χ1n) is 7.47. The number of thiazole rings is 1. The second kappa shape index (κ2) is 5.02. The van der Waals surface area contributed by atoms with Crippen LogP contribution >= 0.6 is 11.3 Å². The van der Waals surface area contributed by atoms with E-state index in [9.17, 15) is 0 Å². The van der Waals surface area contributed by atoms with Crippen molar-refractivity contribution in [2.24, 2.45) is 0 Å². The Kier molecular flexibility index (Phi) is 3.44. The summed E-state index contributed by atoms with van der Waals surface area (Å²) in [6.45, 7) is 7.67. The average Bonchev–Trinajstić information content (AvgIpc) is 2.81. The largest absolute Gasteiger partial charge is 0.389 e. The standard InChI is InChI=1S/C17H23N3S/c1-17(2,3)16-19-14(15(18)21-16)12-7-8-13-11(10-12)6-5-9-20(13)4/h7-8,10H,5-6,9,18H2,1-4H3. The fourth-order valence-electron chi connectivity index (χ4n) is 2.79. The predicted molar refractivity (Wildman–Crippen MR) is 92.3 cm³/mol. The molecule has 0 bridgehead atoms. The van der Waals surface area contributed by atoms with Gasteiger partial charge in [0.25, 0.3) is 0 Å². The smallest absolute Gasteiger partial charge is 0.114 e. The number of nitrogens with zero attached hydrogens (tertiary/aromatic N) is 2. The summed E-state index contributed by atoms with van der Waals surface area (Å²) in [5.74, 6) is 0. The molecule has 1 aliphatic rings. The van der Waals surface area contributed by atoms with Gasteiger partial charge >= 0.3 is 0 Å². The highest BCUT2D eigenvalue weighted by Crippen LogP contribution is 2.38. The molecule has 0 amide bonds. The molecule has 112 valence electrons. The summed E-state index contributed by atoms with van der Waals surface area (Å²) in [5.41, 5.74) is 11.1. The molecule has 0 radical (unpaired) electrons. The van der Waals surface area contributed by atoms with Crippen molar-refractivity contribution in [3.63, 3.8) is 0 Å².